The van der Waals surface area contributed by atoms with Gasteiger partial charge >= 0.3 is 0 Å². The van der Waals surface area contributed by atoms with Crippen LogP contribution in [0.25, 0.3) is 0 Å². The molecule has 4 rings (SSSR count). The Hall–Kier alpha value is -0.0800. The normalized spacial score (nSPS) is 50.0. The smallest absolute Gasteiger partial charge is 0.0197 e. The third-order valence-electron chi connectivity index (χ3n) is 6.86. The number of rotatable bonds is 2. The average molecular weight is 248 g/mol. The summed E-state index contributed by atoms with van der Waals surface area (Å²) in [5.41, 5.74) is 0.440. The Morgan fingerprint density at radius 2 is 2.00 bits per heavy atom. The molecule has 0 amide bonds. The van der Waals surface area contributed by atoms with Crippen molar-refractivity contribution >= 4 is 0 Å². The van der Waals surface area contributed by atoms with E-state index in [1.807, 2.05) is 0 Å². The summed E-state index contributed by atoms with van der Waals surface area (Å²) in [5.74, 6) is 5.06. The van der Waals surface area contributed by atoms with Crippen LogP contribution in [-0.4, -0.2) is 36.6 Å². The van der Waals surface area contributed by atoms with Crippen molar-refractivity contribution in [3.63, 3.8) is 0 Å². The van der Waals surface area contributed by atoms with Crippen molar-refractivity contribution in [2.24, 2.45) is 29.6 Å². The summed E-state index contributed by atoms with van der Waals surface area (Å²) >= 11 is 0. The third-order valence-corrected chi connectivity index (χ3v) is 6.86. The third kappa shape index (κ3) is 1.61. The van der Waals surface area contributed by atoms with E-state index < -0.39 is 0 Å². The molecule has 2 saturated carbocycles. The van der Waals surface area contributed by atoms with Crippen LogP contribution in [-0.2, 0) is 0 Å². The molecule has 0 aromatic carbocycles. The van der Waals surface area contributed by atoms with Gasteiger partial charge in [-0.3, -0.25) is 4.90 Å². The molecule has 4 fully saturated rings. The minimum atomic E-state index is 0.440. The molecule has 2 heteroatoms. The van der Waals surface area contributed by atoms with Crippen LogP contribution in [0.3, 0.4) is 0 Å². The Balaban J connectivity index is 1.46. The topological polar surface area (TPSA) is 15.3 Å². The predicted octanol–water partition coefficient (Wildman–Crippen LogP) is 2.35. The minimum Gasteiger partial charge on any atom is -0.316 e. The van der Waals surface area contributed by atoms with Gasteiger partial charge in [0.1, 0.15) is 0 Å². The summed E-state index contributed by atoms with van der Waals surface area (Å²) in [7, 11) is 0. The SMILES string of the molecule is CC1(C)C2CNCC2CN1CC1CC2CCC1C2. The molecule has 0 aromatic heterocycles. The molecule has 0 aromatic rings. The van der Waals surface area contributed by atoms with Gasteiger partial charge in [0.05, 0.1) is 0 Å². The molecule has 102 valence electrons. The molecule has 2 aliphatic carbocycles. The van der Waals surface area contributed by atoms with Crippen LogP contribution in [0.2, 0.25) is 0 Å². The lowest BCUT2D eigenvalue weighted by Crippen LogP contribution is -2.47. The minimum absolute atomic E-state index is 0.440. The number of nitrogens with zero attached hydrogens (tertiary/aromatic N) is 1. The maximum Gasteiger partial charge on any atom is 0.0197 e. The summed E-state index contributed by atoms with van der Waals surface area (Å²) in [6.07, 6.45) is 6.19. The summed E-state index contributed by atoms with van der Waals surface area (Å²) in [5, 5.41) is 3.59. The van der Waals surface area contributed by atoms with Gasteiger partial charge < -0.3 is 5.32 Å². The summed E-state index contributed by atoms with van der Waals surface area (Å²) in [6.45, 7) is 10.3. The molecule has 4 aliphatic rings. The highest BCUT2D eigenvalue weighted by Crippen LogP contribution is 2.50. The molecule has 2 saturated heterocycles. The molecule has 2 aliphatic heterocycles. The Morgan fingerprint density at radius 1 is 1.11 bits per heavy atom. The number of likely N-dealkylation sites (tertiary alicyclic amines) is 1. The van der Waals surface area contributed by atoms with E-state index >= 15 is 0 Å². The van der Waals surface area contributed by atoms with Crippen molar-refractivity contribution in [2.45, 2.75) is 45.1 Å². The zero-order chi connectivity index (χ0) is 12.3. The average Bonchev–Trinajstić information content (AvgIpc) is 3.04. The van der Waals surface area contributed by atoms with Gasteiger partial charge in [0.2, 0.25) is 0 Å². The van der Waals surface area contributed by atoms with Crippen LogP contribution in [0.15, 0.2) is 0 Å². The second kappa shape index (κ2) is 3.96. The molecule has 0 radical (unpaired) electrons. The van der Waals surface area contributed by atoms with Crippen molar-refractivity contribution in [3.05, 3.63) is 0 Å². The van der Waals surface area contributed by atoms with Gasteiger partial charge in [-0.05, 0) is 69.2 Å². The van der Waals surface area contributed by atoms with Gasteiger partial charge in [0.15, 0.2) is 0 Å². The molecule has 1 N–H and O–H groups in total. The number of hydrogen-bond donors (Lipinski definition) is 1. The first-order valence-corrected chi connectivity index (χ1v) is 8.10. The molecular formula is C16H28N2. The lowest BCUT2D eigenvalue weighted by Gasteiger charge is -2.38. The van der Waals surface area contributed by atoms with Crippen LogP contribution in [0.1, 0.15) is 39.5 Å². The monoisotopic (exact) mass is 248 g/mol. The van der Waals surface area contributed by atoms with Crippen LogP contribution in [0.5, 0.6) is 0 Å². The Labute approximate surface area is 111 Å². The maximum atomic E-state index is 3.59. The van der Waals surface area contributed by atoms with E-state index in [1.54, 1.807) is 19.3 Å². The standard InChI is InChI=1S/C16H28N2/c1-16(2)15-8-17-7-14(15)10-18(16)9-13-6-11-3-4-12(13)5-11/h11-15,17H,3-10H2,1-2H3. The molecule has 2 heterocycles. The zero-order valence-electron chi connectivity index (χ0n) is 12.0. The fourth-order valence-corrected chi connectivity index (χ4v) is 5.70. The van der Waals surface area contributed by atoms with Crippen molar-refractivity contribution in [1.29, 1.82) is 0 Å². The predicted molar refractivity (Wildman–Crippen MR) is 74.4 cm³/mol. The fourth-order valence-electron chi connectivity index (χ4n) is 5.70. The first kappa shape index (κ1) is 11.7. The first-order chi connectivity index (χ1) is 8.64. The number of nitrogens with one attached hydrogen (secondary N) is 1. The van der Waals surface area contributed by atoms with E-state index in [4.69, 9.17) is 0 Å². The van der Waals surface area contributed by atoms with Gasteiger partial charge in [0, 0.05) is 25.2 Å². The molecule has 2 bridgehead atoms. The quantitative estimate of drug-likeness (QED) is 0.807. The van der Waals surface area contributed by atoms with Crippen LogP contribution in [0.4, 0.5) is 0 Å². The highest BCUT2D eigenvalue weighted by atomic mass is 15.2. The Morgan fingerprint density at radius 3 is 2.67 bits per heavy atom. The summed E-state index contributed by atoms with van der Waals surface area (Å²) in [6, 6.07) is 0. The van der Waals surface area contributed by atoms with Gasteiger partial charge in [-0.25, -0.2) is 0 Å². The fraction of sp³-hybridized carbons (Fsp3) is 1.00. The van der Waals surface area contributed by atoms with Crippen LogP contribution < -0.4 is 5.32 Å². The van der Waals surface area contributed by atoms with E-state index in [1.165, 1.54) is 32.6 Å². The highest BCUT2D eigenvalue weighted by molar-refractivity contribution is 5.05. The largest absolute Gasteiger partial charge is 0.316 e. The van der Waals surface area contributed by atoms with E-state index in [-0.39, 0.29) is 0 Å². The van der Waals surface area contributed by atoms with E-state index in [0.29, 0.717) is 5.54 Å². The molecule has 18 heavy (non-hydrogen) atoms. The molecule has 0 spiro atoms. The molecule has 5 atom stereocenters. The lowest BCUT2D eigenvalue weighted by atomic mass is 9.83. The number of hydrogen-bond acceptors (Lipinski definition) is 2. The van der Waals surface area contributed by atoms with Crippen LogP contribution >= 0.6 is 0 Å². The number of fused-ring (bicyclic) bond motifs is 3. The Bertz CT molecular complexity index is 338. The van der Waals surface area contributed by atoms with Gasteiger partial charge in [0.25, 0.3) is 0 Å². The lowest BCUT2D eigenvalue weighted by molar-refractivity contribution is 0.102. The van der Waals surface area contributed by atoms with E-state index in [2.05, 4.69) is 24.1 Å². The van der Waals surface area contributed by atoms with Crippen molar-refractivity contribution in [2.75, 3.05) is 26.2 Å². The van der Waals surface area contributed by atoms with E-state index in [0.717, 1.165) is 29.6 Å². The van der Waals surface area contributed by atoms with Crippen molar-refractivity contribution < 1.29 is 0 Å². The van der Waals surface area contributed by atoms with Gasteiger partial charge in [-0.15, -0.1) is 0 Å². The first-order valence-electron chi connectivity index (χ1n) is 8.10. The zero-order valence-corrected chi connectivity index (χ0v) is 12.0. The second-order valence-electron chi connectivity index (χ2n) is 8.02. The van der Waals surface area contributed by atoms with Crippen molar-refractivity contribution in [3.8, 4) is 0 Å². The maximum absolute atomic E-state index is 3.59. The van der Waals surface area contributed by atoms with Gasteiger partial charge in [-0.2, -0.15) is 0 Å². The summed E-state index contributed by atoms with van der Waals surface area (Å²) in [4.78, 5) is 2.86. The Kier molecular flexibility index (Phi) is 2.58. The second-order valence-corrected chi connectivity index (χ2v) is 8.02. The van der Waals surface area contributed by atoms with Crippen molar-refractivity contribution in [1.82, 2.24) is 10.2 Å². The molecular weight excluding hydrogens is 220 g/mol. The summed E-state index contributed by atoms with van der Waals surface area (Å²) < 4.78 is 0. The van der Waals surface area contributed by atoms with Gasteiger partial charge in [-0.1, -0.05) is 6.42 Å². The van der Waals surface area contributed by atoms with Crippen LogP contribution in [0, 0.1) is 29.6 Å². The highest BCUT2D eigenvalue weighted by Gasteiger charge is 2.51. The van der Waals surface area contributed by atoms with E-state index in [9.17, 15) is 0 Å². The molecule has 2 nitrogen and oxygen atoms in total. The molecule has 5 unspecified atom stereocenters.